The number of benzene rings is 1. The predicted octanol–water partition coefficient (Wildman–Crippen LogP) is 2.92. The lowest BCUT2D eigenvalue weighted by molar-refractivity contribution is -0.146. The van der Waals surface area contributed by atoms with Gasteiger partial charge in [0.1, 0.15) is 11.8 Å². The van der Waals surface area contributed by atoms with Gasteiger partial charge in [0, 0.05) is 6.42 Å². The Morgan fingerprint density at radius 2 is 1.95 bits per heavy atom. The summed E-state index contributed by atoms with van der Waals surface area (Å²) in [5, 5.41) is 3.14. The molecule has 0 aliphatic rings. The summed E-state index contributed by atoms with van der Waals surface area (Å²) in [5.41, 5.74) is 3.55. The molecular weight excluding hydrogens is 266 g/mol. The van der Waals surface area contributed by atoms with Crippen LogP contribution < -0.4 is 10.1 Å². The van der Waals surface area contributed by atoms with Crippen LogP contribution in [-0.4, -0.2) is 31.8 Å². The topological polar surface area (TPSA) is 47.6 Å². The first kappa shape index (κ1) is 17.5. The zero-order chi connectivity index (χ0) is 15.8. The molecule has 0 aliphatic heterocycles. The first-order valence-corrected chi connectivity index (χ1v) is 7.60. The monoisotopic (exact) mass is 293 g/mol. The number of ether oxygens (including phenoxy) is 2. The van der Waals surface area contributed by atoms with E-state index in [9.17, 15) is 4.79 Å². The Morgan fingerprint density at radius 3 is 2.57 bits per heavy atom. The van der Waals surface area contributed by atoms with Crippen LogP contribution >= 0.6 is 0 Å². The van der Waals surface area contributed by atoms with Crippen molar-refractivity contribution in [1.82, 2.24) is 5.32 Å². The molecule has 1 rings (SSSR count). The summed E-state index contributed by atoms with van der Waals surface area (Å²) in [5.74, 6) is 0.687. The minimum atomic E-state index is -0.304. The third kappa shape index (κ3) is 5.38. The van der Waals surface area contributed by atoms with Crippen LogP contribution in [0.15, 0.2) is 12.1 Å². The molecule has 1 aromatic rings. The fraction of sp³-hybridized carbons (Fsp3) is 0.588. The Bertz CT molecular complexity index is 471. The van der Waals surface area contributed by atoms with Crippen molar-refractivity contribution in [2.45, 2.75) is 47.1 Å². The Kier molecular flexibility index (Phi) is 7.23. The van der Waals surface area contributed by atoms with Crippen molar-refractivity contribution in [2.24, 2.45) is 0 Å². The second-order valence-electron chi connectivity index (χ2n) is 5.20. The molecule has 0 spiro atoms. The number of aryl methyl sites for hydroxylation is 2. The molecule has 118 valence electrons. The van der Waals surface area contributed by atoms with E-state index in [0.29, 0.717) is 19.6 Å². The summed E-state index contributed by atoms with van der Waals surface area (Å²) in [4.78, 5) is 11.8. The summed E-state index contributed by atoms with van der Waals surface area (Å²) in [7, 11) is 0. The molecule has 4 nitrogen and oxygen atoms in total. The van der Waals surface area contributed by atoms with Crippen LogP contribution in [0.4, 0.5) is 0 Å². The minimum Gasteiger partial charge on any atom is -0.493 e. The third-order valence-electron chi connectivity index (χ3n) is 3.45. The normalized spacial score (nSPS) is 12.0. The Hall–Kier alpha value is -1.55. The fourth-order valence-corrected chi connectivity index (χ4v) is 2.23. The second-order valence-corrected chi connectivity index (χ2v) is 5.20. The average molecular weight is 293 g/mol. The molecule has 0 aliphatic carbocycles. The molecule has 0 radical (unpaired) electrons. The molecule has 0 saturated carbocycles. The van der Waals surface area contributed by atoms with Gasteiger partial charge in [0.2, 0.25) is 0 Å². The molecule has 1 atom stereocenters. The lowest BCUT2D eigenvalue weighted by atomic mass is 10.1. The lowest BCUT2D eigenvalue weighted by Crippen LogP contribution is -2.39. The molecule has 1 unspecified atom stereocenters. The van der Waals surface area contributed by atoms with Gasteiger partial charge in [0.15, 0.2) is 0 Å². The Morgan fingerprint density at radius 1 is 1.24 bits per heavy atom. The van der Waals surface area contributed by atoms with E-state index in [1.807, 2.05) is 19.9 Å². The molecule has 0 saturated heterocycles. The van der Waals surface area contributed by atoms with Gasteiger partial charge in [0.25, 0.3) is 0 Å². The van der Waals surface area contributed by atoms with Crippen molar-refractivity contribution in [2.75, 3.05) is 19.8 Å². The summed E-state index contributed by atoms with van der Waals surface area (Å²) in [6.07, 6.45) is 0.596. The van der Waals surface area contributed by atoms with E-state index in [4.69, 9.17) is 9.47 Å². The Labute approximate surface area is 127 Å². The van der Waals surface area contributed by atoms with E-state index in [2.05, 4.69) is 32.2 Å². The molecule has 1 N–H and O–H groups in total. The quantitative estimate of drug-likeness (QED) is 0.749. The number of hydrogen-bond donors (Lipinski definition) is 1. The van der Waals surface area contributed by atoms with Crippen LogP contribution in [-0.2, 0) is 9.53 Å². The summed E-state index contributed by atoms with van der Waals surface area (Å²) < 4.78 is 10.9. The summed E-state index contributed by atoms with van der Waals surface area (Å²) >= 11 is 0. The van der Waals surface area contributed by atoms with E-state index < -0.39 is 0 Å². The maximum Gasteiger partial charge on any atom is 0.323 e. The highest BCUT2D eigenvalue weighted by atomic mass is 16.5. The van der Waals surface area contributed by atoms with Crippen LogP contribution in [0.3, 0.4) is 0 Å². The van der Waals surface area contributed by atoms with Crippen molar-refractivity contribution in [1.29, 1.82) is 0 Å². The Balaban J connectivity index is 2.60. The van der Waals surface area contributed by atoms with Gasteiger partial charge in [-0.15, -0.1) is 0 Å². The van der Waals surface area contributed by atoms with E-state index in [1.165, 1.54) is 11.1 Å². The zero-order valence-corrected chi connectivity index (χ0v) is 13.8. The number of carbonyl (C=O) groups excluding carboxylic acids is 1. The largest absolute Gasteiger partial charge is 0.493 e. The van der Waals surface area contributed by atoms with Gasteiger partial charge in [-0.3, -0.25) is 4.79 Å². The molecule has 0 heterocycles. The fourth-order valence-electron chi connectivity index (χ4n) is 2.23. The van der Waals surface area contributed by atoms with E-state index in [0.717, 1.165) is 17.9 Å². The van der Waals surface area contributed by atoms with Gasteiger partial charge in [-0.25, -0.2) is 0 Å². The number of nitrogens with one attached hydrogen (secondary N) is 1. The van der Waals surface area contributed by atoms with Crippen LogP contribution in [0.5, 0.6) is 5.75 Å². The molecule has 0 amide bonds. The van der Waals surface area contributed by atoms with Crippen LogP contribution in [0.25, 0.3) is 0 Å². The van der Waals surface area contributed by atoms with Crippen molar-refractivity contribution >= 4 is 5.97 Å². The van der Waals surface area contributed by atoms with Crippen LogP contribution in [0, 0.1) is 20.8 Å². The lowest BCUT2D eigenvalue weighted by Gasteiger charge is -2.17. The maximum atomic E-state index is 11.8. The van der Waals surface area contributed by atoms with Gasteiger partial charge in [-0.05, 0) is 57.0 Å². The molecule has 0 bridgehead atoms. The predicted molar refractivity (Wildman–Crippen MR) is 84.9 cm³/mol. The zero-order valence-electron chi connectivity index (χ0n) is 13.8. The smallest absolute Gasteiger partial charge is 0.323 e. The van der Waals surface area contributed by atoms with Crippen LogP contribution in [0.1, 0.15) is 37.0 Å². The van der Waals surface area contributed by atoms with Gasteiger partial charge in [-0.2, -0.15) is 0 Å². The maximum absolute atomic E-state index is 11.8. The standard InChI is InChI=1S/C17H27NO3/c1-6-18-15(17(19)20-7-2)8-9-21-16-11-12(3)10-13(4)14(16)5/h10-11,15,18H,6-9H2,1-5H3. The molecule has 21 heavy (non-hydrogen) atoms. The summed E-state index contributed by atoms with van der Waals surface area (Å²) in [6, 6.07) is 3.87. The highest BCUT2D eigenvalue weighted by Crippen LogP contribution is 2.23. The number of carbonyl (C=O) groups is 1. The van der Waals surface area contributed by atoms with Crippen LogP contribution in [0.2, 0.25) is 0 Å². The minimum absolute atomic E-state index is 0.208. The first-order chi connectivity index (χ1) is 9.99. The SMILES string of the molecule is CCNC(CCOc1cc(C)cc(C)c1C)C(=O)OCC. The highest BCUT2D eigenvalue weighted by Gasteiger charge is 2.18. The van der Waals surface area contributed by atoms with Gasteiger partial charge >= 0.3 is 5.97 Å². The molecule has 4 heteroatoms. The van der Waals surface area contributed by atoms with Gasteiger partial charge in [0.05, 0.1) is 13.2 Å². The van der Waals surface area contributed by atoms with E-state index >= 15 is 0 Å². The van der Waals surface area contributed by atoms with Gasteiger partial charge < -0.3 is 14.8 Å². The first-order valence-electron chi connectivity index (χ1n) is 7.60. The number of likely N-dealkylation sites (N-methyl/N-ethyl adjacent to an activating group) is 1. The summed E-state index contributed by atoms with van der Waals surface area (Å²) in [6.45, 7) is 11.6. The van der Waals surface area contributed by atoms with Gasteiger partial charge in [-0.1, -0.05) is 13.0 Å². The van der Waals surface area contributed by atoms with Crippen molar-refractivity contribution in [3.63, 3.8) is 0 Å². The molecule has 0 aromatic heterocycles. The van der Waals surface area contributed by atoms with Crippen molar-refractivity contribution < 1.29 is 14.3 Å². The molecular formula is C17H27NO3. The average Bonchev–Trinajstić information content (AvgIpc) is 2.43. The number of rotatable bonds is 8. The van der Waals surface area contributed by atoms with E-state index in [1.54, 1.807) is 0 Å². The second kappa shape index (κ2) is 8.67. The molecule has 0 fully saturated rings. The number of hydrogen-bond acceptors (Lipinski definition) is 4. The number of esters is 1. The molecule has 1 aromatic carbocycles. The van der Waals surface area contributed by atoms with Crippen molar-refractivity contribution in [3.8, 4) is 5.75 Å². The highest BCUT2D eigenvalue weighted by molar-refractivity contribution is 5.75. The third-order valence-corrected chi connectivity index (χ3v) is 3.45. The van der Waals surface area contributed by atoms with E-state index in [-0.39, 0.29) is 12.0 Å². The van der Waals surface area contributed by atoms with Crippen molar-refractivity contribution in [3.05, 3.63) is 28.8 Å².